The van der Waals surface area contributed by atoms with Crippen molar-refractivity contribution in [2.24, 2.45) is 0 Å². The molecule has 8 nitrogen and oxygen atoms in total. The van der Waals surface area contributed by atoms with Gasteiger partial charge in [0.2, 0.25) is 0 Å². The van der Waals surface area contributed by atoms with E-state index in [1.165, 1.54) is 23.5 Å². The Hall–Kier alpha value is -3.66. The number of hydrogen-bond acceptors (Lipinski definition) is 6. The molecule has 31 heavy (non-hydrogen) atoms. The van der Waals surface area contributed by atoms with Crippen molar-refractivity contribution in [1.82, 2.24) is 15.6 Å². The summed E-state index contributed by atoms with van der Waals surface area (Å²) < 4.78 is 24.0. The molecule has 1 aromatic heterocycles. The standard InChI is InChI=1S/C21H21FN4O4S/c1-29-15-6-4-5-14(11-15)25-21(28)24-10-9-23-20(27)17-13-31-19(26-17)12-30-18-8-3-2-7-16(18)22/h2-8,11,13H,9-10,12H2,1H3,(H,23,27)(H2,24,25,28). The quantitative estimate of drug-likeness (QED) is 0.439. The molecule has 0 aliphatic rings. The number of hydrogen-bond donors (Lipinski definition) is 3. The summed E-state index contributed by atoms with van der Waals surface area (Å²) in [6.07, 6.45) is 0. The second-order valence-corrected chi connectivity index (χ2v) is 7.16. The molecular formula is C21H21FN4O4S. The predicted octanol–water partition coefficient (Wildman–Crippen LogP) is 3.42. The topological polar surface area (TPSA) is 102 Å². The van der Waals surface area contributed by atoms with Gasteiger partial charge < -0.3 is 25.4 Å². The van der Waals surface area contributed by atoms with Crippen LogP contribution in [-0.4, -0.2) is 37.1 Å². The van der Waals surface area contributed by atoms with Crippen molar-refractivity contribution in [2.45, 2.75) is 6.61 Å². The number of carbonyl (C=O) groups is 2. The van der Waals surface area contributed by atoms with Crippen LogP contribution >= 0.6 is 11.3 Å². The van der Waals surface area contributed by atoms with Crippen LogP contribution < -0.4 is 25.4 Å². The molecule has 0 radical (unpaired) electrons. The van der Waals surface area contributed by atoms with Crippen LogP contribution in [0.1, 0.15) is 15.5 Å². The maximum absolute atomic E-state index is 13.6. The summed E-state index contributed by atoms with van der Waals surface area (Å²) in [5.41, 5.74) is 0.825. The lowest BCUT2D eigenvalue weighted by atomic mass is 10.3. The molecule has 2 aromatic carbocycles. The molecule has 0 bridgehead atoms. The van der Waals surface area contributed by atoms with E-state index >= 15 is 0 Å². The van der Waals surface area contributed by atoms with Gasteiger partial charge in [0.25, 0.3) is 5.91 Å². The van der Waals surface area contributed by atoms with Gasteiger partial charge in [-0.1, -0.05) is 18.2 Å². The lowest BCUT2D eigenvalue weighted by Crippen LogP contribution is -2.36. The molecule has 3 rings (SSSR count). The highest BCUT2D eigenvalue weighted by Gasteiger charge is 2.12. The SMILES string of the molecule is COc1cccc(NC(=O)NCCNC(=O)c2csc(COc3ccccc3F)n2)c1. The van der Waals surface area contributed by atoms with E-state index in [0.29, 0.717) is 16.4 Å². The molecule has 3 amide bonds. The summed E-state index contributed by atoms with van der Waals surface area (Å²) in [7, 11) is 1.54. The van der Waals surface area contributed by atoms with E-state index in [-0.39, 0.29) is 37.0 Å². The highest BCUT2D eigenvalue weighted by Crippen LogP contribution is 2.19. The molecule has 3 aromatic rings. The molecular weight excluding hydrogens is 423 g/mol. The Morgan fingerprint density at radius 2 is 1.90 bits per heavy atom. The summed E-state index contributed by atoms with van der Waals surface area (Å²) >= 11 is 1.24. The van der Waals surface area contributed by atoms with Crippen molar-refractivity contribution in [3.8, 4) is 11.5 Å². The van der Waals surface area contributed by atoms with E-state index in [1.807, 2.05) is 0 Å². The van der Waals surface area contributed by atoms with E-state index in [1.54, 1.807) is 48.9 Å². The normalized spacial score (nSPS) is 10.3. The smallest absolute Gasteiger partial charge is 0.319 e. The molecule has 3 N–H and O–H groups in total. The van der Waals surface area contributed by atoms with Crippen LogP contribution in [0.15, 0.2) is 53.9 Å². The molecule has 0 spiro atoms. The minimum absolute atomic E-state index is 0.0604. The zero-order chi connectivity index (χ0) is 22.1. The Bertz CT molecular complexity index is 1040. The Morgan fingerprint density at radius 3 is 2.71 bits per heavy atom. The number of rotatable bonds is 9. The monoisotopic (exact) mass is 444 g/mol. The number of ether oxygens (including phenoxy) is 2. The highest BCUT2D eigenvalue weighted by atomic mass is 32.1. The zero-order valence-corrected chi connectivity index (χ0v) is 17.5. The van der Waals surface area contributed by atoms with Gasteiger partial charge in [0, 0.05) is 30.2 Å². The Labute approximate surface area is 182 Å². The van der Waals surface area contributed by atoms with Gasteiger partial charge in [-0.3, -0.25) is 4.79 Å². The van der Waals surface area contributed by atoms with Gasteiger partial charge >= 0.3 is 6.03 Å². The Kier molecular flexibility index (Phi) is 7.77. The van der Waals surface area contributed by atoms with Crippen molar-refractivity contribution >= 4 is 29.0 Å². The van der Waals surface area contributed by atoms with Gasteiger partial charge in [0.1, 0.15) is 23.1 Å². The molecule has 10 heteroatoms. The number of nitrogens with zero attached hydrogens (tertiary/aromatic N) is 1. The number of benzene rings is 2. The average molecular weight is 444 g/mol. The minimum atomic E-state index is -0.458. The van der Waals surface area contributed by atoms with Crippen LogP contribution in [0.4, 0.5) is 14.9 Å². The minimum Gasteiger partial charge on any atom is -0.497 e. The lowest BCUT2D eigenvalue weighted by Gasteiger charge is -2.09. The number of methoxy groups -OCH3 is 1. The van der Waals surface area contributed by atoms with Crippen molar-refractivity contribution in [2.75, 3.05) is 25.5 Å². The largest absolute Gasteiger partial charge is 0.497 e. The fraction of sp³-hybridized carbons (Fsp3) is 0.190. The molecule has 1 heterocycles. The van der Waals surface area contributed by atoms with E-state index in [0.717, 1.165) is 0 Å². The number of halogens is 1. The van der Waals surface area contributed by atoms with Gasteiger partial charge in [0.15, 0.2) is 11.6 Å². The van der Waals surface area contributed by atoms with Crippen LogP contribution in [0.2, 0.25) is 0 Å². The molecule has 162 valence electrons. The number of urea groups is 1. The van der Waals surface area contributed by atoms with Crippen LogP contribution in [0.5, 0.6) is 11.5 Å². The van der Waals surface area contributed by atoms with Crippen LogP contribution in [0.3, 0.4) is 0 Å². The van der Waals surface area contributed by atoms with E-state index in [4.69, 9.17) is 9.47 Å². The maximum Gasteiger partial charge on any atom is 0.319 e. The summed E-state index contributed by atoms with van der Waals surface area (Å²) in [6.45, 7) is 0.517. The first kappa shape index (κ1) is 22.0. The van der Waals surface area contributed by atoms with Crippen molar-refractivity contribution in [3.63, 3.8) is 0 Å². The Balaban J connectivity index is 1.38. The predicted molar refractivity (Wildman–Crippen MR) is 115 cm³/mol. The number of anilines is 1. The van der Waals surface area contributed by atoms with Gasteiger partial charge in [-0.05, 0) is 24.3 Å². The summed E-state index contributed by atoms with van der Waals surface area (Å²) in [5, 5.41) is 10.1. The highest BCUT2D eigenvalue weighted by molar-refractivity contribution is 7.09. The summed E-state index contributed by atoms with van der Waals surface area (Å²) in [6, 6.07) is 12.6. The van der Waals surface area contributed by atoms with Crippen molar-refractivity contribution < 1.29 is 23.5 Å². The maximum atomic E-state index is 13.6. The first-order valence-electron chi connectivity index (χ1n) is 9.34. The lowest BCUT2D eigenvalue weighted by molar-refractivity contribution is 0.0949. The van der Waals surface area contributed by atoms with Crippen molar-refractivity contribution in [1.29, 1.82) is 0 Å². The molecule has 0 saturated carbocycles. The Morgan fingerprint density at radius 1 is 1.10 bits per heavy atom. The average Bonchev–Trinajstić information content (AvgIpc) is 3.25. The number of amides is 3. The van der Waals surface area contributed by atoms with Crippen LogP contribution in [0, 0.1) is 5.82 Å². The summed E-state index contributed by atoms with van der Waals surface area (Å²) in [5.74, 6) is -0.0719. The van der Waals surface area contributed by atoms with Crippen LogP contribution in [-0.2, 0) is 6.61 Å². The molecule has 0 aliphatic heterocycles. The third-order valence-electron chi connectivity index (χ3n) is 4.00. The van der Waals surface area contributed by atoms with E-state index in [2.05, 4.69) is 20.9 Å². The third-order valence-corrected chi connectivity index (χ3v) is 4.82. The van der Waals surface area contributed by atoms with Crippen molar-refractivity contribution in [3.05, 3.63) is 70.4 Å². The zero-order valence-electron chi connectivity index (χ0n) is 16.7. The molecule has 0 atom stereocenters. The van der Waals surface area contributed by atoms with Gasteiger partial charge in [0.05, 0.1) is 7.11 Å². The number of carbonyl (C=O) groups excluding carboxylic acids is 2. The number of aromatic nitrogens is 1. The third kappa shape index (κ3) is 6.68. The van der Waals surface area contributed by atoms with E-state index in [9.17, 15) is 14.0 Å². The van der Waals surface area contributed by atoms with Crippen LogP contribution in [0.25, 0.3) is 0 Å². The number of nitrogens with one attached hydrogen (secondary N) is 3. The first-order valence-corrected chi connectivity index (χ1v) is 10.2. The fourth-order valence-corrected chi connectivity index (χ4v) is 3.19. The first-order chi connectivity index (χ1) is 15.0. The number of para-hydroxylation sites is 1. The molecule has 0 saturated heterocycles. The van der Waals surface area contributed by atoms with Gasteiger partial charge in [-0.15, -0.1) is 11.3 Å². The second-order valence-electron chi connectivity index (χ2n) is 6.21. The molecule has 0 unspecified atom stereocenters. The summed E-state index contributed by atoms with van der Waals surface area (Å²) in [4.78, 5) is 28.3. The molecule has 0 aliphatic carbocycles. The number of thiazole rings is 1. The van der Waals surface area contributed by atoms with Gasteiger partial charge in [-0.25, -0.2) is 14.2 Å². The van der Waals surface area contributed by atoms with E-state index < -0.39 is 11.8 Å². The molecule has 0 fully saturated rings. The van der Waals surface area contributed by atoms with Gasteiger partial charge in [-0.2, -0.15) is 0 Å². The second kappa shape index (κ2) is 10.9. The fourth-order valence-electron chi connectivity index (χ4n) is 2.50.